The van der Waals surface area contributed by atoms with Gasteiger partial charge in [0.1, 0.15) is 23.5 Å². The summed E-state index contributed by atoms with van der Waals surface area (Å²) in [4.78, 5) is 23.3. The highest BCUT2D eigenvalue weighted by molar-refractivity contribution is 5.85. The molecular formula is C15H25N5O. The Morgan fingerprint density at radius 1 is 1.33 bits per heavy atom. The van der Waals surface area contributed by atoms with Crippen LogP contribution in [-0.2, 0) is 4.79 Å². The summed E-state index contributed by atoms with van der Waals surface area (Å²) in [6, 6.07) is -0.133. The Morgan fingerprint density at radius 3 is 2.76 bits per heavy atom. The second kappa shape index (κ2) is 6.74. The highest BCUT2D eigenvalue weighted by Crippen LogP contribution is 2.29. The SMILES string of the molecule is CCNc1nc(C)nc(N2CCCCC2C(=O)NC)c1C. The number of carbonyl (C=O) groups excluding carboxylic acids is 1. The van der Waals surface area contributed by atoms with E-state index < -0.39 is 0 Å². The fourth-order valence-electron chi connectivity index (χ4n) is 2.86. The molecule has 0 aromatic carbocycles. The van der Waals surface area contributed by atoms with Crippen LogP contribution in [0.1, 0.15) is 37.6 Å². The lowest BCUT2D eigenvalue weighted by molar-refractivity contribution is -0.122. The predicted octanol–water partition coefficient (Wildman–Crippen LogP) is 1.63. The predicted molar refractivity (Wildman–Crippen MR) is 84.7 cm³/mol. The van der Waals surface area contributed by atoms with E-state index in [1.165, 1.54) is 0 Å². The van der Waals surface area contributed by atoms with E-state index in [9.17, 15) is 4.79 Å². The zero-order chi connectivity index (χ0) is 15.4. The van der Waals surface area contributed by atoms with Crippen molar-refractivity contribution in [2.24, 2.45) is 0 Å². The number of amides is 1. The largest absolute Gasteiger partial charge is 0.370 e. The van der Waals surface area contributed by atoms with Crippen molar-refractivity contribution in [3.8, 4) is 0 Å². The summed E-state index contributed by atoms with van der Waals surface area (Å²) >= 11 is 0. The van der Waals surface area contributed by atoms with Crippen LogP contribution in [0.15, 0.2) is 0 Å². The zero-order valence-corrected chi connectivity index (χ0v) is 13.4. The molecule has 0 aliphatic carbocycles. The molecule has 1 aliphatic heterocycles. The van der Waals surface area contributed by atoms with E-state index in [-0.39, 0.29) is 11.9 Å². The number of hydrogen-bond donors (Lipinski definition) is 2. The van der Waals surface area contributed by atoms with Gasteiger partial charge in [-0.25, -0.2) is 9.97 Å². The third-order valence-corrected chi connectivity index (χ3v) is 3.90. The zero-order valence-electron chi connectivity index (χ0n) is 13.4. The molecule has 0 spiro atoms. The lowest BCUT2D eigenvalue weighted by Gasteiger charge is -2.36. The van der Waals surface area contributed by atoms with Crippen LogP contribution in [0.5, 0.6) is 0 Å². The van der Waals surface area contributed by atoms with Crippen LogP contribution < -0.4 is 15.5 Å². The Balaban J connectivity index is 2.40. The van der Waals surface area contributed by atoms with Gasteiger partial charge in [-0.3, -0.25) is 4.79 Å². The lowest BCUT2D eigenvalue weighted by atomic mass is 10.0. The Bertz CT molecular complexity index is 517. The molecule has 1 unspecified atom stereocenters. The molecule has 116 valence electrons. The molecule has 6 heteroatoms. The summed E-state index contributed by atoms with van der Waals surface area (Å²) < 4.78 is 0. The van der Waals surface area contributed by atoms with Gasteiger partial charge in [0.15, 0.2) is 0 Å². The normalized spacial score (nSPS) is 18.5. The van der Waals surface area contributed by atoms with Gasteiger partial charge in [0, 0.05) is 25.7 Å². The van der Waals surface area contributed by atoms with Crippen LogP contribution in [0, 0.1) is 13.8 Å². The second-order valence-electron chi connectivity index (χ2n) is 5.42. The Morgan fingerprint density at radius 2 is 2.10 bits per heavy atom. The van der Waals surface area contributed by atoms with E-state index >= 15 is 0 Å². The van der Waals surface area contributed by atoms with Gasteiger partial charge >= 0.3 is 0 Å². The van der Waals surface area contributed by atoms with Crippen molar-refractivity contribution < 1.29 is 4.79 Å². The minimum absolute atomic E-state index is 0.0652. The van der Waals surface area contributed by atoms with Crippen molar-refractivity contribution in [3.05, 3.63) is 11.4 Å². The van der Waals surface area contributed by atoms with Gasteiger partial charge in [-0.2, -0.15) is 0 Å². The maximum absolute atomic E-state index is 12.1. The number of hydrogen-bond acceptors (Lipinski definition) is 5. The van der Waals surface area contributed by atoms with Gasteiger partial charge in [0.05, 0.1) is 0 Å². The molecule has 1 amide bonds. The van der Waals surface area contributed by atoms with Crippen LogP contribution in [0.3, 0.4) is 0 Å². The fraction of sp³-hybridized carbons (Fsp3) is 0.667. The van der Waals surface area contributed by atoms with E-state index in [0.717, 1.165) is 55.4 Å². The number of aromatic nitrogens is 2. The first-order chi connectivity index (χ1) is 10.1. The molecule has 1 aliphatic rings. The molecule has 21 heavy (non-hydrogen) atoms. The van der Waals surface area contributed by atoms with Crippen LogP contribution in [0.25, 0.3) is 0 Å². The van der Waals surface area contributed by atoms with Crippen molar-refractivity contribution in [2.45, 2.75) is 46.1 Å². The average molecular weight is 291 g/mol. The lowest BCUT2D eigenvalue weighted by Crippen LogP contribution is -2.49. The van der Waals surface area contributed by atoms with Gasteiger partial charge in [-0.15, -0.1) is 0 Å². The third kappa shape index (κ3) is 3.25. The number of likely N-dealkylation sites (N-methyl/N-ethyl adjacent to an activating group) is 1. The maximum atomic E-state index is 12.1. The molecule has 2 N–H and O–H groups in total. The second-order valence-corrected chi connectivity index (χ2v) is 5.42. The number of aryl methyl sites for hydroxylation is 1. The number of anilines is 2. The molecule has 1 atom stereocenters. The summed E-state index contributed by atoms with van der Waals surface area (Å²) in [7, 11) is 1.69. The number of nitrogens with one attached hydrogen (secondary N) is 2. The highest BCUT2D eigenvalue weighted by atomic mass is 16.2. The van der Waals surface area contributed by atoms with E-state index in [1.54, 1.807) is 7.05 Å². The van der Waals surface area contributed by atoms with E-state index in [2.05, 4.69) is 25.5 Å². The van der Waals surface area contributed by atoms with Crippen molar-refractivity contribution in [2.75, 3.05) is 30.4 Å². The first-order valence-corrected chi connectivity index (χ1v) is 7.65. The van der Waals surface area contributed by atoms with Gasteiger partial charge < -0.3 is 15.5 Å². The summed E-state index contributed by atoms with van der Waals surface area (Å²) in [6.45, 7) is 7.63. The quantitative estimate of drug-likeness (QED) is 0.882. The average Bonchev–Trinajstić information content (AvgIpc) is 2.50. The van der Waals surface area contributed by atoms with E-state index in [4.69, 9.17) is 0 Å². The number of nitrogens with zero attached hydrogens (tertiary/aromatic N) is 3. The Kier molecular flexibility index (Phi) is 4.98. The summed E-state index contributed by atoms with van der Waals surface area (Å²) in [5, 5.41) is 6.04. The molecule has 1 aromatic rings. The van der Waals surface area contributed by atoms with Crippen LogP contribution in [0.2, 0.25) is 0 Å². The molecule has 1 fully saturated rings. The van der Waals surface area contributed by atoms with Crippen molar-refractivity contribution in [1.29, 1.82) is 0 Å². The smallest absolute Gasteiger partial charge is 0.242 e. The topological polar surface area (TPSA) is 70.2 Å². The molecule has 1 saturated heterocycles. The summed E-state index contributed by atoms with van der Waals surface area (Å²) in [6.07, 6.45) is 3.04. The highest BCUT2D eigenvalue weighted by Gasteiger charge is 2.30. The molecular weight excluding hydrogens is 266 g/mol. The number of carbonyl (C=O) groups is 1. The van der Waals surface area contributed by atoms with Gasteiger partial charge in [-0.1, -0.05) is 0 Å². The summed E-state index contributed by atoms with van der Waals surface area (Å²) in [5.74, 6) is 2.54. The molecule has 1 aromatic heterocycles. The van der Waals surface area contributed by atoms with Gasteiger partial charge in [-0.05, 0) is 40.0 Å². The van der Waals surface area contributed by atoms with Crippen LogP contribution >= 0.6 is 0 Å². The first-order valence-electron chi connectivity index (χ1n) is 7.65. The van der Waals surface area contributed by atoms with E-state index in [0.29, 0.717) is 0 Å². The molecule has 0 radical (unpaired) electrons. The molecule has 0 saturated carbocycles. The Hall–Kier alpha value is -1.85. The van der Waals surface area contributed by atoms with Crippen LogP contribution in [-0.4, -0.2) is 42.1 Å². The molecule has 2 rings (SSSR count). The van der Waals surface area contributed by atoms with Crippen molar-refractivity contribution in [1.82, 2.24) is 15.3 Å². The van der Waals surface area contributed by atoms with Gasteiger partial charge in [0.2, 0.25) is 5.91 Å². The minimum Gasteiger partial charge on any atom is -0.370 e. The van der Waals surface area contributed by atoms with E-state index in [1.807, 2.05) is 20.8 Å². The van der Waals surface area contributed by atoms with Gasteiger partial charge in [0.25, 0.3) is 0 Å². The molecule has 0 bridgehead atoms. The standard InChI is InChI=1S/C15H25N5O/c1-5-17-13-10(2)14(19-11(3)18-13)20-9-7-6-8-12(20)15(21)16-4/h12H,5-9H2,1-4H3,(H,16,21)(H,17,18,19). The number of piperidine rings is 1. The number of rotatable bonds is 4. The third-order valence-electron chi connectivity index (χ3n) is 3.90. The fourth-order valence-corrected chi connectivity index (χ4v) is 2.86. The van der Waals surface area contributed by atoms with Crippen molar-refractivity contribution >= 4 is 17.5 Å². The molecule has 2 heterocycles. The maximum Gasteiger partial charge on any atom is 0.242 e. The minimum atomic E-state index is -0.133. The monoisotopic (exact) mass is 291 g/mol. The molecule has 6 nitrogen and oxygen atoms in total. The van der Waals surface area contributed by atoms with Crippen LogP contribution in [0.4, 0.5) is 11.6 Å². The first kappa shape index (κ1) is 15.5. The summed E-state index contributed by atoms with van der Waals surface area (Å²) in [5.41, 5.74) is 1.01. The Labute approximate surface area is 126 Å². The van der Waals surface area contributed by atoms with Crippen molar-refractivity contribution in [3.63, 3.8) is 0 Å².